The minimum absolute atomic E-state index is 0.102. The number of pyridine rings is 1. The van der Waals surface area contributed by atoms with Gasteiger partial charge < -0.3 is 9.80 Å². The molecule has 0 unspecified atom stereocenters. The minimum atomic E-state index is -0.332. The van der Waals surface area contributed by atoms with Crippen LogP contribution in [0.4, 0.5) is 10.1 Å². The van der Waals surface area contributed by atoms with Crippen LogP contribution in [0.3, 0.4) is 0 Å². The van der Waals surface area contributed by atoms with E-state index in [0.717, 1.165) is 18.6 Å². The molecule has 0 bridgehead atoms. The first-order chi connectivity index (χ1) is 12.1. The standard InChI is InChI=1S/C19H18FN3OS/c1-13-2-3-14(12-15(13)20)19(24)23-9-7-22(8-10-23)17-4-6-21-16-5-11-25-18(16)17/h2-6,11-12H,7-10H2,1H3. The summed E-state index contributed by atoms with van der Waals surface area (Å²) in [5, 5.41) is 2.05. The van der Waals surface area contributed by atoms with Gasteiger partial charge in [-0.2, -0.15) is 0 Å². The van der Waals surface area contributed by atoms with E-state index in [2.05, 4.69) is 9.88 Å². The zero-order valence-corrected chi connectivity index (χ0v) is 14.7. The summed E-state index contributed by atoms with van der Waals surface area (Å²) < 4.78 is 14.9. The minimum Gasteiger partial charge on any atom is -0.367 e. The highest BCUT2D eigenvalue weighted by Crippen LogP contribution is 2.30. The molecule has 1 fully saturated rings. The van der Waals surface area contributed by atoms with E-state index in [1.807, 2.05) is 23.7 Å². The molecule has 128 valence electrons. The molecular weight excluding hydrogens is 337 g/mol. The quantitative estimate of drug-likeness (QED) is 0.703. The van der Waals surface area contributed by atoms with E-state index in [1.54, 1.807) is 35.3 Å². The third-order valence-electron chi connectivity index (χ3n) is 4.65. The number of aromatic nitrogens is 1. The van der Waals surface area contributed by atoms with E-state index in [4.69, 9.17) is 0 Å². The number of thiophene rings is 1. The Balaban J connectivity index is 1.48. The Bertz CT molecular complexity index is 931. The van der Waals surface area contributed by atoms with E-state index in [0.29, 0.717) is 24.2 Å². The summed E-state index contributed by atoms with van der Waals surface area (Å²) in [6.45, 7) is 4.48. The van der Waals surface area contributed by atoms with Gasteiger partial charge in [0, 0.05) is 37.9 Å². The monoisotopic (exact) mass is 355 g/mol. The number of fused-ring (bicyclic) bond motifs is 1. The van der Waals surface area contributed by atoms with Crippen LogP contribution >= 0.6 is 11.3 Å². The molecule has 0 atom stereocenters. The summed E-state index contributed by atoms with van der Waals surface area (Å²) in [6, 6.07) is 8.75. The summed E-state index contributed by atoms with van der Waals surface area (Å²) in [6.07, 6.45) is 1.83. The van der Waals surface area contributed by atoms with Gasteiger partial charge in [-0.15, -0.1) is 11.3 Å². The molecule has 1 amide bonds. The van der Waals surface area contributed by atoms with Crippen LogP contribution in [0.1, 0.15) is 15.9 Å². The molecule has 3 heterocycles. The van der Waals surface area contributed by atoms with Crippen LogP contribution in [0.5, 0.6) is 0 Å². The van der Waals surface area contributed by atoms with Crippen molar-refractivity contribution < 1.29 is 9.18 Å². The van der Waals surface area contributed by atoms with Gasteiger partial charge in [0.2, 0.25) is 0 Å². The molecule has 4 nitrogen and oxygen atoms in total. The molecule has 1 aliphatic rings. The van der Waals surface area contributed by atoms with Crippen LogP contribution < -0.4 is 4.90 Å². The number of amides is 1. The second-order valence-electron chi connectivity index (χ2n) is 6.21. The van der Waals surface area contributed by atoms with Gasteiger partial charge in [-0.3, -0.25) is 9.78 Å². The van der Waals surface area contributed by atoms with Gasteiger partial charge in [0.25, 0.3) is 5.91 Å². The number of benzene rings is 1. The molecular formula is C19H18FN3OS. The molecule has 6 heteroatoms. The number of carbonyl (C=O) groups is 1. The third kappa shape index (κ3) is 2.98. The average Bonchev–Trinajstić information content (AvgIpc) is 3.12. The fourth-order valence-electron chi connectivity index (χ4n) is 3.17. The topological polar surface area (TPSA) is 36.4 Å². The summed E-state index contributed by atoms with van der Waals surface area (Å²) in [4.78, 5) is 21.1. The number of aryl methyl sites for hydroxylation is 1. The molecule has 0 N–H and O–H groups in total. The number of hydrogen-bond donors (Lipinski definition) is 0. The number of carbonyl (C=O) groups excluding carboxylic acids is 1. The number of piperazine rings is 1. The van der Waals surface area contributed by atoms with E-state index in [1.165, 1.54) is 16.5 Å². The largest absolute Gasteiger partial charge is 0.367 e. The van der Waals surface area contributed by atoms with Crippen LogP contribution in [0.15, 0.2) is 41.9 Å². The van der Waals surface area contributed by atoms with Gasteiger partial charge >= 0.3 is 0 Å². The lowest BCUT2D eigenvalue weighted by Crippen LogP contribution is -2.48. The van der Waals surface area contributed by atoms with Crippen molar-refractivity contribution in [3.63, 3.8) is 0 Å². The van der Waals surface area contributed by atoms with E-state index in [-0.39, 0.29) is 11.7 Å². The van der Waals surface area contributed by atoms with Crippen LogP contribution in [0, 0.1) is 12.7 Å². The van der Waals surface area contributed by atoms with Crippen molar-refractivity contribution in [1.82, 2.24) is 9.88 Å². The molecule has 2 aromatic heterocycles. The van der Waals surface area contributed by atoms with Crippen molar-refractivity contribution >= 4 is 33.1 Å². The maximum absolute atomic E-state index is 13.7. The Morgan fingerprint density at radius 2 is 1.96 bits per heavy atom. The van der Waals surface area contributed by atoms with Gasteiger partial charge in [-0.25, -0.2) is 4.39 Å². The normalized spacial score (nSPS) is 15.0. The van der Waals surface area contributed by atoms with E-state index < -0.39 is 0 Å². The third-order valence-corrected chi connectivity index (χ3v) is 5.58. The first-order valence-electron chi connectivity index (χ1n) is 8.26. The van der Waals surface area contributed by atoms with Crippen molar-refractivity contribution in [2.24, 2.45) is 0 Å². The number of anilines is 1. The Hall–Kier alpha value is -2.47. The Kier molecular flexibility index (Phi) is 4.13. The van der Waals surface area contributed by atoms with Crippen molar-refractivity contribution in [2.75, 3.05) is 31.1 Å². The van der Waals surface area contributed by atoms with Crippen molar-refractivity contribution in [1.29, 1.82) is 0 Å². The Morgan fingerprint density at radius 3 is 2.72 bits per heavy atom. The van der Waals surface area contributed by atoms with Crippen LogP contribution in [-0.2, 0) is 0 Å². The van der Waals surface area contributed by atoms with Gasteiger partial charge in [0.15, 0.2) is 0 Å². The zero-order chi connectivity index (χ0) is 17.4. The van der Waals surface area contributed by atoms with Crippen molar-refractivity contribution in [2.45, 2.75) is 6.92 Å². The van der Waals surface area contributed by atoms with Gasteiger partial charge in [0.05, 0.1) is 15.9 Å². The molecule has 0 radical (unpaired) electrons. The molecule has 0 aliphatic carbocycles. The van der Waals surface area contributed by atoms with Crippen LogP contribution in [0.2, 0.25) is 0 Å². The lowest BCUT2D eigenvalue weighted by Gasteiger charge is -2.36. The van der Waals surface area contributed by atoms with Crippen LogP contribution in [0.25, 0.3) is 10.2 Å². The summed E-state index contributed by atoms with van der Waals surface area (Å²) in [7, 11) is 0. The first-order valence-corrected chi connectivity index (χ1v) is 9.14. The number of rotatable bonds is 2. The van der Waals surface area contributed by atoms with E-state index in [9.17, 15) is 9.18 Å². The molecule has 1 saturated heterocycles. The molecule has 25 heavy (non-hydrogen) atoms. The Morgan fingerprint density at radius 1 is 1.16 bits per heavy atom. The predicted octanol–water partition coefficient (Wildman–Crippen LogP) is 3.71. The molecule has 3 aromatic rings. The fraction of sp³-hybridized carbons (Fsp3) is 0.263. The first kappa shape index (κ1) is 16.0. The lowest BCUT2D eigenvalue weighted by molar-refractivity contribution is 0.0746. The second kappa shape index (κ2) is 6.44. The number of hydrogen-bond acceptors (Lipinski definition) is 4. The number of halogens is 1. The number of nitrogens with zero attached hydrogens (tertiary/aromatic N) is 3. The maximum Gasteiger partial charge on any atom is 0.254 e. The summed E-state index contributed by atoms with van der Waals surface area (Å²) in [5.74, 6) is -0.434. The highest BCUT2D eigenvalue weighted by atomic mass is 32.1. The van der Waals surface area contributed by atoms with Gasteiger partial charge in [-0.05, 0) is 42.1 Å². The van der Waals surface area contributed by atoms with Gasteiger partial charge in [-0.1, -0.05) is 6.07 Å². The van der Waals surface area contributed by atoms with E-state index >= 15 is 0 Å². The summed E-state index contributed by atoms with van der Waals surface area (Å²) >= 11 is 1.69. The van der Waals surface area contributed by atoms with Crippen LogP contribution in [-0.4, -0.2) is 42.0 Å². The highest BCUT2D eigenvalue weighted by Gasteiger charge is 2.24. The second-order valence-corrected chi connectivity index (χ2v) is 7.12. The molecule has 1 aliphatic heterocycles. The summed E-state index contributed by atoms with van der Waals surface area (Å²) in [5.41, 5.74) is 3.16. The van der Waals surface area contributed by atoms with Gasteiger partial charge in [0.1, 0.15) is 5.82 Å². The smallest absolute Gasteiger partial charge is 0.254 e. The van der Waals surface area contributed by atoms with Crippen molar-refractivity contribution in [3.8, 4) is 0 Å². The maximum atomic E-state index is 13.7. The molecule has 1 aromatic carbocycles. The lowest BCUT2D eigenvalue weighted by atomic mass is 10.1. The predicted molar refractivity (Wildman–Crippen MR) is 98.9 cm³/mol. The highest BCUT2D eigenvalue weighted by molar-refractivity contribution is 7.17. The Labute approximate surface area is 149 Å². The fourth-order valence-corrected chi connectivity index (χ4v) is 4.06. The SMILES string of the molecule is Cc1ccc(C(=O)N2CCN(c3ccnc4ccsc34)CC2)cc1F. The average molecular weight is 355 g/mol. The zero-order valence-electron chi connectivity index (χ0n) is 13.9. The van der Waals surface area contributed by atoms with Crippen molar-refractivity contribution in [3.05, 3.63) is 58.9 Å². The molecule has 4 rings (SSSR count). The molecule has 0 saturated carbocycles. The molecule has 0 spiro atoms.